The molecule has 222 valence electrons. The molecule has 3 aromatic rings. The van der Waals surface area contributed by atoms with E-state index in [0.29, 0.717) is 12.1 Å². The zero-order chi connectivity index (χ0) is 29.5. The first-order valence-electron chi connectivity index (χ1n) is 14.2. The van der Waals surface area contributed by atoms with Crippen molar-refractivity contribution in [2.24, 2.45) is 0 Å². The lowest BCUT2D eigenvalue weighted by molar-refractivity contribution is -0.253. The SMILES string of the molecule is CC(=O)OC(C)C(=O)Nc1ccc(C2OC(CN3CCN(c4ncccn4)CC3)CC(c3ccc(CO)cc3)O2)cc1. The summed E-state index contributed by atoms with van der Waals surface area (Å²) in [5, 5.41) is 12.2. The molecular weight excluding hydrogens is 538 g/mol. The van der Waals surface area contributed by atoms with Gasteiger partial charge in [0, 0.05) is 69.7 Å². The molecule has 2 aliphatic rings. The van der Waals surface area contributed by atoms with Crippen molar-refractivity contribution in [2.75, 3.05) is 42.9 Å². The highest BCUT2D eigenvalue weighted by Gasteiger charge is 2.34. The molecule has 11 nitrogen and oxygen atoms in total. The number of aliphatic hydroxyl groups excluding tert-OH is 1. The van der Waals surface area contributed by atoms with Crippen LogP contribution in [0.4, 0.5) is 11.6 Å². The van der Waals surface area contributed by atoms with E-state index in [0.717, 1.165) is 55.4 Å². The van der Waals surface area contributed by atoms with Gasteiger partial charge < -0.3 is 29.5 Å². The fourth-order valence-electron chi connectivity index (χ4n) is 5.18. The third-order valence-corrected chi connectivity index (χ3v) is 7.45. The van der Waals surface area contributed by atoms with Crippen molar-refractivity contribution < 1.29 is 28.9 Å². The fourth-order valence-corrected chi connectivity index (χ4v) is 5.18. The third-order valence-electron chi connectivity index (χ3n) is 7.45. The summed E-state index contributed by atoms with van der Waals surface area (Å²) in [5.41, 5.74) is 3.28. The van der Waals surface area contributed by atoms with Crippen LogP contribution >= 0.6 is 0 Å². The van der Waals surface area contributed by atoms with E-state index < -0.39 is 24.3 Å². The van der Waals surface area contributed by atoms with Gasteiger partial charge in [-0.3, -0.25) is 14.5 Å². The summed E-state index contributed by atoms with van der Waals surface area (Å²) < 4.78 is 17.9. The van der Waals surface area contributed by atoms with Gasteiger partial charge in [-0.2, -0.15) is 0 Å². The fraction of sp³-hybridized carbons (Fsp3) is 0.419. The number of aliphatic hydroxyl groups is 1. The second kappa shape index (κ2) is 13.8. The minimum Gasteiger partial charge on any atom is -0.453 e. The second-order valence-corrected chi connectivity index (χ2v) is 10.5. The maximum Gasteiger partial charge on any atom is 0.303 e. The van der Waals surface area contributed by atoms with E-state index in [1.165, 1.54) is 13.8 Å². The summed E-state index contributed by atoms with van der Waals surface area (Å²) in [7, 11) is 0. The van der Waals surface area contributed by atoms with Crippen LogP contribution in [0.2, 0.25) is 0 Å². The topological polar surface area (TPSA) is 126 Å². The summed E-state index contributed by atoms with van der Waals surface area (Å²) in [6.45, 7) is 6.97. The maximum atomic E-state index is 12.3. The van der Waals surface area contributed by atoms with Crippen molar-refractivity contribution in [3.05, 3.63) is 83.7 Å². The van der Waals surface area contributed by atoms with Gasteiger partial charge in [0.25, 0.3) is 5.91 Å². The molecule has 5 rings (SSSR count). The largest absolute Gasteiger partial charge is 0.453 e. The summed E-state index contributed by atoms with van der Waals surface area (Å²) in [5.74, 6) is -0.165. The Bertz CT molecular complexity index is 1320. The van der Waals surface area contributed by atoms with Crippen molar-refractivity contribution in [2.45, 2.75) is 51.5 Å². The Labute approximate surface area is 245 Å². The molecule has 2 N–H and O–H groups in total. The zero-order valence-electron chi connectivity index (χ0n) is 23.9. The first-order valence-corrected chi connectivity index (χ1v) is 14.2. The summed E-state index contributed by atoms with van der Waals surface area (Å²) in [6.07, 6.45) is 2.46. The summed E-state index contributed by atoms with van der Waals surface area (Å²) >= 11 is 0. The zero-order valence-corrected chi connectivity index (χ0v) is 23.9. The van der Waals surface area contributed by atoms with Crippen LogP contribution in [0.1, 0.15) is 49.4 Å². The number of carbonyl (C=O) groups excluding carboxylic acids is 2. The average Bonchev–Trinajstić information content (AvgIpc) is 3.02. The first-order chi connectivity index (χ1) is 20.4. The number of aromatic nitrogens is 2. The molecule has 0 spiro atoms. The van der Waals surface area contributed by atoms with Gasteiger partial charge >= 0.3 is 5.97 Å². The lowest BCUT2D eigenvalue weighted by Gasteiger charge is -2.40. The Morgan fingerprint density at radius 2 is 1.67 bits per heavy atom. The molecule has 0 radical (unpaired) electrons. The lowest BCUT2D eigenvalue weighted by atomic mass is 9.99. The maximum absolute atomic E-state index is 12.3. The van der Waals surface area contributed by atoms with Crippen LogP contribution in [0.5, 0.6) is 0 Å². The van der Waals surface area contributed by atoms with Gasteiger partial charge in [-0.05, 0) is 36.2 Å². The van der Waals surface area contributed by atoms with Gasteiger partial charge in [-0.25, -0.2) is 9.97 Å². The number of hydrogen-bond acceptors (Lipinski definition) is 10. The summed E-state index contributed by atoms with van der Waals surface area (Å²) in [4.78, 5) is 36.9. The van der Waals surface area contributed by atoms with E-state index in [2.05, 4.69) is 25.1 Å². The van der Waals surface area contributed by atoms with Crippen LogP contribution in [-0.4, -0.2) is 76.8 Å². The Hall–Kier alpha value is -3.90. The number of hydrogen-bond donors (Lipinski definition) is 2. The number of amides is 1. The van der Waals surface area contributed by atoms with E-state index in [-0.39, 0.29) is 18.8 Å². The smallest absolute Gasteiger partial charge is 0.303 e. The standard InChI is InChI=1S/C31H37N5O6/c1-21(40-22(2)38)29(39)34-26-10-8-25(9-11-26)30-41-27(18-28(42-30)24-6-4-23(20-37)5-7-24)19-35-14-16-36(17-15-35)31-32-12-3-13-33-31/h3-13,21,27-28,30,37H,14-20H2,1-2H3,(H,34,39). The van der Waals surface area contributed by atoms with Crippen LogP contribution in [0.25, 0.3) is 0 Å². The number of piperazine rings is 1. The van der Waals surface area contributed by atoms with E-state index in [9.17, 15) is 14.7 Å². The van der Waals surface area contributed by atoms with Crippen molar-refractivity contribution in [3.8, 4) is 0 Å². The van der Waals surface area contributed by atoms with Gasteiger partial charge in [0.2, 0.25) is 5.95 Å². The van der Waals surface area contributed by atoms with Crippen LogP contribution in [0.3, 0.4) is 0 Å². The van der Waals surface area contributed by atoms with Crippen LogP contribution in [0, 0.1) is 0 Å². The average molecular weight is 576 g/mol. The summed E-state index contributed by atoms with van der Waals surface area (Å²) in [6, 6.07) is 16.9. The van der Waals surface area contributed by atoms with Gasteiger partial charge in [0.1, 0.15) is 0 Å². The van der Waals surface area contributed by atoms with E-state index in [1.54, 1.807) is 24.5 Å². The number of benzene rings is 2. The van der Waals surface area contributed by atoms with Crippen LogP contribution < -0.4 is 10.2 Å². The highest BCUT2D eigenvalue weighted by molar-refractivity contribution is 5.94. The molecule has 0 saturated carbocycles. The molecule has 1 amide bonds. The minimum atomic E-state index is -0.895. The van der Waals surface area contributed by atoms with Gasteiger partial charge in [0.15, 0.2) is 12.4 Å². The predicted octanol–water partition coefficient (Wildman–Crippen LogP) is 3.23. The molecule has 42 heavy (non-hydrogen) atoms. The molecule has 2 aliphatic heterocycles. The lowest BCUT2D eigenvalue weighted by Crippen LogP contribution is -2.50. The Morgan fingerprint density at radius 1 is 1.00 bits per heavy atom. The molecule has 4 unspecified atom stereocenters. The van der Waals surface area contributed by atoms with Crippen LogP contribution in [0.15, 0.2) is 67.0 Å². The van der Waals surface area contributed by atoms with E-state index in [4.69, 9.17) is 14.2 Å². The molecule has 0 bridgehead atoms. The number of nitrogens with one attached hydrogen (secondary N) is 1. The highest BCUT2D eigenvalue weighted by atomic mass is 16.7. The second-order valence-electron chi connectivity index (χ2n) is 10.5. The number of rotatable bonds is 9. The molecule has 2 fully saturated rings. The monoisotopic (exact) mass is 575 g/mol. The molecule has 3 heterocycles. The Morgan fingerprint density at radius 3 is 2.31 bits per heavy atom. The van der Waals surface area contributed by atoms with Crippen LogP contribution in [-0.2, 0) is 30.4 Å². The first kappa shape index (κ1) is 29.6. The van der Waals surface area contributed by atoms with Crippen molar-refractivity contribution in [3.63, 3.8) is 0 Å². The van der Waals surface area contributed by atoms with E-state index in [1.807, 2.05) is 42.5 Å². The number of carbonyl (C=O) groups is 2. The Balaban J connectivity index is 1.26. The van der Waals surface area contributed by atoms with Gasteiger partial charge in [0.05, 0.1) is 18.8 Å². The molecule has 4 atom stereocenters. The number of nitrogens with zero attached hydrogens (tertiary/aromatic N) is 4. The molecule has 2 aromatic carbocycles. The number of esters is 1. The third kappa shape index (κ3) is 7.68. The predicted molar refractivity (Wildman–Crippen MR) is 155 cm³/mol. The van der Waals surface area contributed by atoms with E-state index >= 15 is 0 Å². The number of ether oxygens (including phenoxy) is 3. The van der Waals surface area contributed by atoms with Gasteiger partial charge in [-0.1, -0.05) is 36.4 Å². The van der Waals surface area contributed by atoms with Crippen molar-refractivity contribution in [1.29, 1.82) is 0 Å². The molecule has 1 aromatic heterocycles. The molecular formula is C31H37N5O6. The molecule has 2 saturated heterocycles. The normalized spacial score (nSPS) is 21.9. The van der Waals surface area contributed by atoms with Gasteiger partial charge in [-0.15, -0.1) is 0 Å². The highest BCUT2D eigenvalue weighted by Crippen LogP contribution is 2.38. The molecule has 0 aliphatic carbocycles. The minimum absolute atomic E-state index is 0.0112. The molecule has 11 heteroatoms. The van der Waals surface area contributed by atoms with Crippen molar-refractivity contribution >= 4 is 23.5 Å². The number of anilines is 2. The Kier molecular flexibility index (Phi) is 9.75. The quantitative estimate of drug-likeness (QED) is 0.367. The van der Waals surface area contributed by atoms with Crippen molar-refractivity contribution in [1.82, 2.24) is 14.9 Å².